The van der Waals surface area contributed by atoms with Gasteiger partial charge in [0.2, 0.25) is 0 Å². The molecule has 2 aromatic carbocycles. The molecule has 3 aromatic rings. The standard InChI is InChI=1S/C19H18ClN3O2/c1-23-17(9-10-22-23)12-21-19(24)15-4-2-3-14(11-15)13-25-18-7-5-16(20)6-8-18/h2-11H,12-13H2,1H3,(H,21,24). The lowest BCUT2D eigenvalue weighted by Crippen LogP contribution is -2.24. The topological polar surface area (TPSA) is 56.2 Å². The molecule has 128 valence electrons. The molecule has 0 bridgehead atoms. The summed E-state index contributed by atoms with van der Waals surface area (Å²) < 4.78 is 7.45. The van der Waals surface area contributed by atoms with Crippen molar-refractivity contribution in [2.24, 2.45) is 7.05 Å². The molecule has 0 atom stereocenters. The zero-order valence-electron chi connectivity index (χ0n) is 13.8. The number of rotatable bonds is 6. The van der Waals surface area contributed by atoms with Crippen LogP contribution in [0.4, 0.5) is 0 Å². The Labute approximate surface area is 151 Å². The Morgan fingerprint density at radius 1 is 1.20 bits per heavy atom. The minimum absolute atomic E-state index is 0.130. The van der Waals surface area contributed by atoms with Crippen LogP contribution in [0.5, 0.6) is 5.75 Å². The molecule has 6 heteroatoms. The highest BCUT2D eigenvalue weighted by Gasteiger charge is 2.08. The van der Waals surface area contributed by atoms with Gasteiger partial charge in [0.25, 0.3) is 5.91 Å². The van der Waals surface area contributed by atoms with E-state index in [-0.39, 0.29) is 5.91 Å². The van der Waals surface area contributed by atoms with Gasteiger partial charge in [0, 0.05) is 23.8 Å². The van der Waals surface area contributed by atoms with Crippen LogP contribution in [0, 0.1) is 0 Å². The molecule has 1 heterocycles. The number of benzene rings is 2. The van der Waals surface area contributed by atoms with E-state index in [9.17, 15) is 4.79 Å². The van der Waals surface area contributed by atoms with Crippen molar-refractivity contribution in [1.29, 1.82) is 0 Å². The van der Waals surface area contributed by atoms with Crippen LogP contribution in [0.1, 0.15) is 21.6 Å². The fourth-order valence-electron chi connectivity index (χ4n) is 2.35. The van der Waals surface area contributed by atoms with E-state index in [0.29, 0.717) is 23.7 Å². The predicted molar refractivity (Wildman–Crippen MR) is 96.6 cm³/mol. The quantitative estimate of drug-likeness (QED) is 0.735. The van der Waals surface area contributed by atoms with Crippen molar-refractivity contribution in [3.05, 3.63) is 82.6 Å². The number of nitrogens with zero attached hydrogens (tertiary/aromatic N) is 2. The average Bonchev–Trinajstić information content (AvgIpc) is 3.04. The molecule has 5 nitrogen and oxygen atoms in total. The van der Waals surface area contributed by atoms with Crippen molar-refractivity contribution in [2.75, 3.05) is 0 Å². The molecule has 0 radical (unpaired) electrons. The third-order valence-corrected chi connectivity index (χ3v) is 4.01. The maximum Gasteiger partial charge on any atom is 0.251 e. The summed E-state index contributed by atoms with van der Waals surface area (Å²) in [6.45, 7) is 0.811. The van der Waals surface area contributed by atoms with Crippen molar-refractivity contribution < 1.29 is 9.53 Å². The predicted octanol–water partition coefficient (Wildman–Crippen LogP) is 3.58. The van der Waals surface area contributed by atoms with Crippen molar-refractivity contribution in [1.82, 2.24) is 15.1 Å². The second kappa shape index (κ2) is 7.85. The lowest BCUT2D eigenvalue weighted by Gasteiger charge is -2.09. The number of hydrogen-bond acceptors (Lipinski definition) is 3. The lowest BCUT2D eigenvalue weighted by atomic mass is 10.1. The largest absolute Gasteiger partial charge is 0.489 e. The highest BCUT2D eigenvalue weighted by molar-refractivity contribution is 6.30. The maximum absolute atomic E-state index is 12.3. The van der Waals surface area contributed by atoms with Crippen molar-refractivity contribution >= 4 is 17.5 Å². The molecule has 0 saturated heterocycles. The second-order valence-corrected chi connectivity index (χ2v) is 6.01. The average molecular weight is 356 g/mol. The van der Waals surface area contributed by atoms with Gasteiger partial charge in [0.15, 0.2) is 0 Å². The summed E-state index contributed by atoms with van der Waals surface area (Å²) >= 11 is 5.86. The Bertz CT molecular complexity index is 859. The maximum atomic E-state index is 12.3. The van der Waals surface area contributed by atoms with Gasteiger partial charge in [-0.25, -0.2) is 0 Å². The second-order valence-electron chi connectivity index (χ2n) is 5.57. The molecule has 25 heavy (non-hydrogen) atoms. The normalized spacial score (nSPS) is 10.5. The number of aromatic nitrogens is 2. The van der Waals surface area contributed by atoms with Gasteiger partial charge in [-0.2, -0.15) is 5.10 Å². The molecule has 0 saturated carbocycles. The van der Waals surface area contributed by atoms with Crippen LogP contribution in [0.3, 0.4) is 0 Å². The van der Waals surface area contributed by atoms with Gasteiger partial charge < -0.3 is 10.1 Å². The van der Waals surface area contributed by atoms with Gasteiger partial charge in [-0.05, 0) is 48.0 Å². The van der Waals surface area contributed by atoms with Crippen molar-refractivity contribution in [3.63, 3.8) is 0 Å². The molecule has 0 aliphatic carbocycles. The number of hydrogen-bond donors (Lipinski definition) is 1. The van der Waals surface area contributed by atoms with E-state index in [4.69, 9.17) is 16.3 Å². The first-order valence-corrected chi connectivity index (χ1v) is 8.22. The van der Waals surface area contributed by atoms with Crippen LogP contribution in [-0.2, 0) is 20.2 Å². The highest BCUT2D eigenvalue weighted by Crippen LogP contribution is 2.17. The Balaban J connectivity index is 1.59. The van der Waals surface area contributed by atoms with E-state index in [1.165, 1.54) is 0 Å². The number of carbonyl (C=O) groups is 1. The van der Waals surface area contributed by atoms with Crippen molar-refractivity contribution in [3.8, 4) is 5.75 Å². The zero-order chi connectivity index (χ0) is 17.6. The van der Waals surface area contributed by atoms with Gasteiger partial charge in [0.05, 0.1) is 12.2 Å². The van der Waals surface area contributed by atoms with E-state index >= 15 is 0 Å². The number of amides is 1. The number of aryl methyl sites for hydroxylation is 1. The fourth-order valence-corrected chi connectivity index (χ4v) is 2.47. The summed E-state index contributed by atoms with van der Waals surface area (Å²) in [7, 11) is 1.84. The summed E-state index contributed by atoms with van der Waals surface area (Å²) in [4.78, 5) is 12.3. The molecule has 1 N–H and O–H groups in total. The highest BCUT2D eigenvalue weighted by atomic mass is 35.5. The zero-order valence-corrected chi connectivity index (χ0v) is 14.5. The van der Waals surface area contributed by atoms with E-state index < -0.39 is 0 Å². The Morgan fingerprint density at radius 3 is 2.72 bits per heavy atom. The third-order valence-electron chi connectivity index (χ3n) is 3.76. The number of carbonyl (C=O) groups excluding carboxylic acids is 1. The fraction of sp³-hybridized carbons (Fsp3) is 0.158. The van der Waals surface area contributed by atoms with Crippen LogP contribution in [0.2, 0.25) is 5.02 Å². The van der Waals surface area contributed by atoms with Crippen molar-refractivity contribution in [2.45, 2.75) is 13.2 Å². The van der Waals surface area contributed by atoms with E-state index in [1.54, 1.807) is 29.1 Å². The van der Waals surface area contributed by atoms with Gasteiger partial charge in [-0.3, -0.25) is 9.48 Å². The smallest absolute Gasteiger partial charge is 0.251 e. The molecule has 0 unspecified atom stereocenters. The van der Waals surface area contributed by atoms with E-state index in [0.717, 1.165) is 17.0 Å². The molecular weight excluding hydrogens is 338 g/mol. The SMILES string of the molecule is Cn1nccc1CNC(=O)c1cccc(COc2ccc(Cl)cc2)c1. The molecule has 1 aromatic heterocycles. The van der Waals surface area contributed by atoms with E-state index in [2.05, 4.69) is 10.4 Å². The van der Waals surface area contributed by atoms with Crippen LogP contribution in [-0.4, -0.2) is 15.7 Å². The summed E-state index contributed by atoms with van der Waals surface area (Å²) in [5.74, 6) is 0.602. The summed E-state index contributed by atoms with van der Waals surface area (Å²) in [6.07, 6.45) is 1.70. The van der Waals surface area contributed by atoms with E-state index in [1.807, 2.05) is 43.4 Å². The monoisotopic (exact) mass is 355 g/mol. The molecule has 3 rings (SSSR count). The number of nitrogens with one attached hydrogen (secondary N) is 1. The first-order valence-electron chi connectivity index (χ1n) is 7.84. The van der Waals surface area contributed by atoms with Gasteiger partial charge in [-0.1, -0.05) is 23.7 Å². The molecule has 0 aliphatic rings. The van der Waals surface area contributed by atoms with Crippen LogP contribution in [0.25, 0.3) is 0 Å². The molecule has 0 spiro atoms. The third kappa shape index (κ3) is 4.61. The van der Waals surface area contributed by atoms with Gasteiger partial charge >= 0.3 is 0 Å². The molecule has 0 aliphatic heterocycles. The van der Waals surface area contributed by atoms with Gasteiger partial charge in [0.1, 0.15) is 12.4 Å². The minimum Gasteiger partial charge on any atom is -0.489 e. The van der Waals surface area contributed by atoms with Crippen LogP contribution < -0.4 is 10.1 Å². The molecular formula is C19H18ClN3O2. The molecule has 0 fully saturated rings. The van der Waals surface area contributed by atoms with Crippen LogP contribution >= 0.6 is 11.6 Å². The first-order chi connectivity index (χ1) is 12.1. The number of halogens is 1. The number of ether oxygens (including phenoxy) is 1. The lowest BCUT2D eigenvalue weighted by molar-refractivity contribution is 0.0950. The summed E-state index contributed by atoms with van der Waals surface area (Å²) in [5.41, 5.74) is 2.46. The molecule has 1 amide bonds. The summed E-state index contributed by atoms with van der Waals surface area (Å²) in [5, 5.41) is 7.64. The Morgan fingerprint density at radius 2 is 2.00 bits per heavy atom. The Kier molecular flexibility index (Phi) is 5.36. The van der Waals surface area contributed by atoms with Crippen LogP contribution in [0.15, 0.2) is 60.8 Å². The van der Waals surface area contributed by atoms with Gasteiger partial charge in [-0.15, -0.1) is 0 Å². The first kappa shape index (κ1) is 17.0. The summed E-state index contributed by atoms with van der Waals surface area (Å²) in [6, 6.07) is 16.4. The minimum atomic E-state index is -0.130. The Hall–Kier alpha value is -2.79.